The second-order valence-electron chi connectivity index (χ2n) is 5.79. The van der Waals surface area contributed by atoms with Crippen molar-refractivity contribution in [2.24, 2.45) is 11.1 Å². The number of rotatable bonds is 3. The maximum Gasteiger partial charge on any atom is 0.0912 e. The Bertz CT molecular complexity index is 527. The number of nitrogens with zero attached hydrogens (tertiary/aromatic N) is 2. The van der Waals surface area contributed by atoms with Gasteiger partial charge in [-0.2, -0.15) is 5.10 Å². The molecule has 0 fully saturated rings. The Balaban J connectivity index is 2.45. The van der Waals surface area contributed by atoms with Gasteiger partial charge in [0.1, 0.15) is 0 Å². The molecule has 4 heteroatoms. The van der Waals surface area contributed by atoms with Crippen LogP contribution in [0.4, 0.5) is 0 Å². The molecule has 2 unspecified atom stereocenters. The van der Waals surface area contributed by atoms with Crippen LogP contribution in [0.1, 0.15) is 26.8 Å². The van der Waals surface area contributed by atoms with Crippen molar-refractivity contribution in [1.29, 1.82) is 0 Å². The molecule has 0 aliphatic carbocycles. The molecule has 18 heavy (non-hydrogen) atoms. The summed E-state index contributed by atoms with van der Waals surface area (Å²) in [7, 11) is 0. The van der Waals surface area contributed by atoms with Crippen LogP contribution in [0, 0.1) is 5.41 Å². The predicted molar refractivity (Wildman–Crippen MR) is 73.3 cm³/mol. The van der Waals surface area contributed by atoms with E-state index in [2.05, 4.69) is 25.9 Å². The smallest absolute Gasteiger partial charge is 0.0912 e. The van der Waals surface area contributed by atoms with Crippen LogP contribution < -0.4 is 5.73 Å². The lowest BCUT2D eigenvalue weighted by atomic mass is 9.83. The second kappa shape index (κ2) is 4.71. The lowest BCUT2D eigenvalue weighted by Crippen LogP contribution is -2.44. The molecule has 0 aliphatic rings. The van der Waals surface area contributed by atoms with E-state index in [-0.39, 0.29) is 24.1 Å². The molecular weight excluding hydrogens is 226 g/mol. The van der Waals surface area contributed by atoms with Gasteiger partial charge in [-0.3, -0.25) is 4.68 Å². The van der Waals surface area contributed by atoms with Gasteiger partial charge in [0.25, 0.3) is 0 Å². The SMILES string of the molecule is CC(C)(C)C(N)C(CO)n1ncc2ccccc21. The van der Waals surface area contributed by atoms with Crippen LogP contribution in [-0.4, -0.2) is 27.5 Å². The maximum absolute atomic E-state index is 9.65. The number of hydrogen-bond acceptors (Lipinski definition) is 3. The number of benzene rings is 1. The third-order valence-corrected chi connectivity index (χ3v) is 3.42. The highest BCUT2D eigenvalue weighted by molar-refractivity contribution is 5.78. The number of fused-ring (bicyclic) bond motifs is 1. The van der Waals surface area contributed by atoms with Gasteiger partial charge >= 0.3 is 0 Å². The summed E-state index contributed by atoms with van der Waals surface area (Å²) in [6.45, 7) is 6.22. The molecule has 98 valence electrons. The van der Waals surface area contributed by atoms with Crippen molar-refractivity contribution in [1.82, 2.24) is 9.78 Å². The van der Waals surface area contributed by atoms with Crippen molar-refractivity contribution in [3.05, 3.63) is 30.5 Å². The zero-order valence-electron chi connectivity index (χ0n) is 11.2. The topological polar surface area (TPSA) is 64.1 Å². The molecule has 2 atom stereocenters. The first-order chi connectivity index (χ1) is 8.45. The van der Waals surface area contributed by atoms with Crippen LogP contribution in [0.25, 0.3) is 10.9 Å². The molecule has 4 nitrogen and oxygen atoms in total. The van der Waals surface area contributed by atoms with Crippen molar-refractivity contribution in [3.63, 3.8) is 0 Å². The fourth-order valence-corrected chi connectivity index (χ4v) is 2.18. The zero-order chi connectivity index (χ0) is 13.3. The summed E-state index contributed by atoms with van der Waals surface area (Å²) in [5.74, 6) is 0. The first-order valence-corrected chi connectivity index (χ1v) is 6.24. The van der Waals surface area contributed by atoms with E-state index in [9.17, 15) is 5.11 Å². The van der Waals surface area contributed by atoms with E-state index < -0.39 is 0 Å². The number of nitrogens with two attached hydrogens (primary N) is 1. The van der Waals surface area contributed by atoms with Gasteiger partial charge in [-0.25, -0.2) is 0 Å². The number of aliphatic hydroxyl groups excluding tert-OH is 1. The highest BCUT2D eigenvalue weighted by atomic mass is 16.3. The van der Waals surface area contributed by atoms with E-state index in [1.807, 2.05) is 35.1 Å². The average molecular weight is 247 g/mol. The maximum atomic E-state index is 9.65. The van der Waals surface area contributed by atoms with E-state index in [4.69, 9.17) is 5.73 Å². The Kier molecular flexibility index (Phi) is 3.41. The van der Waals surface area contributed by atoms with E-state index >= 15 is 0 Å². The third-order valence-electron chi connectivity index (χ3n) is 3.42. The molecule has 0 aliphatic heterocycles. The first-order valence-electron chi connectivity index (χ1n) is 6.24. The van der Waals surface area contributed by atoms with Crippen LogP contribution >= 0.6 is 0 Å². The van der Waals surface area contributed by atoms with Crippen molar-refractivity contribution in [3.8, 4) is 0 Å². The summed E-state index contributed by atoms with van der Waals surface area (Å²) in [6, 6.07) is 7.59. The van der Waals surface area contributed by atoms with Crippen LogP contribution in [0.2, 0.25) is 0 Å². The third kappa shape index (κ3) is 2.26. The Morgan fingerprint density at radius 3 is 2.61 bits per heavy atom. The van der Waals surface area contributed by atoms with Crippen LogP contribution in [-0.2, 0) is 0 Å². The largest absolute Gasteiger partial charge is 0.394 e. The normalized spacial score (nSPS) is 15.8. The quantitative estimate of drug-likeness (QED) is 0.871. The molecule has 2 rings (SSSR count). The molecule has 0 radical (unpaired) electrons. The van der Waals surface area contributed by atoms with Gasteiger partial charge in [-0.1, -0.05) is 39.0 Å². The molecule has 1 heterocycles. The van der Waals surface area contributed by atoms with Crippen LogP contribution in [0.15, 0.2) is 30.5 Å². The first kappa shape index (κ1) is 13.1. The Morgan fingerprint density at radius 1 is 1.33 bits per heavy atom. The second-order valence-corrected chi connectivity index (χ2v) is 5.79. The minimum absolute atomic E-state index is 0.00981. The molecule has 3 N–H and O–H groups in total. The number of hydrogen-bond donors (Lipinski definition) is 2. The van der Waals surface area contributed by atoms with Crippen molar-refractivity contribution < 1.29 is 5.11 Å². The van der Waals surface area contributed by atoms with Crippen LogP contribution in [0.5, 0.6) is 0 Å². The number of aliphatic hydroxyl groups is 1. The molecule has 0 saturated carbocycles. The summed E-state index contributed by atoms with van der Waals surface area (Å²) in [5, 5.41) is 15.1. The van der Waals surface area contributed by atoms with Crippen LogP contribution in [0.3, 0.4) is 0 Å². The molecule has 0 saturated heterocycles. The van der Waals surface area contributed by atoms with Gasteiger partial charge in [0, 0.05) is 11.4 Å². The summed E-state index contributed by atoms with van der Waals surface area (Å²) >= 11 is 0. The monoisotopic (exact) mass is 247 g/mol. The zero-order valence-corrected chi connectivity index (χ0v) is 11.2. The molecule has 2 aromatic rings. The number of para-hydroxylation sites is 1. The Morgan fingerprint density at radius 2 is 2.00 bits per heavy atom. The average Bonchev–Trinajstić information content (AvgIpc) is 2.73. The Labute approximate surface area is 107 Å². The highest BCUT2D eigenvalue weighted by Gasteiger charge is 2.30. The molecule has 0 bridgehead atoms. The standard InChI is InChI=1S/C14H21N3O/c1-14(2,3)13(15)12(9-18)17-11-7-5-4-6-10(11)8-16-17/h4-8,12-13,18H,9,15H2,1-3H3. The van der Waals surface area contributed by atoms with Crippen molar-refractivity contribution in [2.75, 3.05) is 6.61 Å². The van der Waals surface area contributed by atoms with Gasteiger partial charge in [0.15, 0.2) is 0 Å². The fourth-order valence-electron chi connectivity index (χ4n) is 2.18. The summed E-state index contributed by atoms with van der Waals surface area (Å²) in [5.41, 5.74) is 7.19. The molecule has 1 aromatic heterocycles. The predicted octanol–water partition coefficient (Wildman–Crippen LogP) is 1.94. The lowest BCUT2D eigenvalue weighted by Gasteiger charge is -2.33. The van der Waals surface area contributed by atoms with Crippen molar-refractivity contribution >= 4 is 10.9 Å². The van der Waals surface area contributed by atoms with E-state index in [0.717, 1.165) is 10.9 Å². The van der Waals surface area contributed by atoms with E-state index in [0.29, 0.717) is 0 Å². The minimum atomic E-state index is -0.204. The fraction of sp³-hybridized carbons (Fsp3) is 0.500. The van der Waals surface area contributed by atoms with Crippen molar-refractivity contribution in [2.45, 2.75) is 32.9 Å². The molecule has 0 spiro atoms. The summed E-state index contributed by atoms with van der Waals surface area (Å²) in [6.07, 6.45) is 1.81. The van der Waals surface area contributed by atoms with Gasteiger partial charge in [-0.15, -0.1) is 0 Å². The summed E-state index contributed by atoms with van der Waals surface area (Å²) in [4.78, 5) is 0. The number of aromatic nitrogens is 2. The van der Waals surface area contributed by atoms with Gasteiger partial charge in [0.05, 0.1) is 24.4 Å². The Hall–Kier alpha value is -1.39. The summed E-state index contributed by atoms with van der Waals surface area (Å²) < 4.78 is 1.84. The molecular formula is C14H21N3O. The highest BCUT2D eigenvalue weighted by Crippen LogP contribution is 2.28. The lowest BCUT2D eigenvalue weighted by molar-refractivity contribution is 0.148. The molecule has 0 amide bonds. The van der Waals surface area contributed by atoms with E-state index in [1.54, 1.807) is 0 Å². The van der Waals surface area contributed by atoms with Gasteiger partial charge < -0.3 is 10.8 Å². The van der Waals surface area contributed by atoms with Gasteiger partial charge in [0.2, 0.25) is 0 Å². The van der Waals surface area contributed by atoms with Gasteiger partial charge in [-0.05, 0) is 11.5 Å². The minimum Gasteiger partial charge on any atom is -0.394 e. The van der Waals surface area contributed by atoms with E-state index in [1.165, 1.54) is 0 Å². The molecule has 1 aromatic carbocycles.